The Morgan fingerprint density at radius 1 is 1.39 bits per heavy atom. The van der Waals surface area contributed by atoms with Crippen LogP contribution in [0.25, 0.3) is 0 Å². The first-order chi connectivity index (χ1) is 11.0. The molecule has 3 aliphatic rings. The summed E-state index contributed by atoms with van der Waals surface area (Å²) in [6.07, 6.45) is 2.64. The van der Waals surface area contributed by atoms with E-state index in [1.807, 2.05) is 0 Å². The van der Waals surface area contributed by atoms with Gasteiger partial charge >= 0.3 is 0 Å². The third kappa shape index (κ3) is 2.61. The van der Waals surface area contributed by atoms with Crippen molar-refractivity contribution in [3.63, 3.8) is 0 Å². The summed E-state index contributed by atoms with van der Waals surface area (Å²) in [7, 11) is 0. The first kappa shape index (κ1) is 14.6. The molecule has 0 atom stereocenters. The number of hydrogen-bond acceptors (Lipinski definition) is 3. The molecular formula is C17H19FN2O3. The van der Waals surface area contributed by atoms with Crippen LogP contribution in [0, 0.1) is 18.7 Å². The summed E-state index contributed by atoms with van der Waals surface area (Å²) in [5.74, 6) is -0.0470. The minimum absolute atomic E-state index is 0.00550. The van der Waals surface area contributed by atoms with Gasteiger partial charge in [0.25, 0.3) is 5.91 Å². The Labute approximate surface area is 134 Å². The summed E-state index contributed by atoms with van der Waals surface area (Å²) in [6, 6.07) is 4.21. The number of amides is 2. The summed E-state index contributed by atoms with van der Waals surface area (Å²) in [4.78, 5) is 32.0. The maximum absolute atomic E-state index is 13.4. The van der Waals surface area contributed by atoms with Crippen LogP contribution < -0.4 is 0 Å². The normalized spacial score (nSPS) is 22.6. The number of likely N-dealkylation sites (tertiary alicyclic amines) is 1. The molecule has 6 heteroatoms. The lowest BCUT2D eigenvalue weighted by Crippen LogP contribution is -2.63. The second-order valence-corrected chi connectivity index (χ2v) is 6.97. The molecule has 2 saturated heterocycles. The number of aryl methyl sites for hydroxylation is 1. The Bertz CT molecular complexity index is 680. The van der Waals surface area contributed by atoms with Crippen molar-refractivity contribution < 1.29 is 18.8 Å². The summed E-state index contributed by atoms with van der Waals surface area (Å²) in [5.41, 5.74) is 0.554. The number of carbonyl (C=O) groups excluding carboxylic acids is 2. The van der Waals surface area contributed by atoms with E-state index in [2.05, 4.69) is 0 Å². The van der Waals surface area contributed by atoms with Crippen molar-refractivity contribution in [1.82, 2.24) is 9.96 Å². The molecule has 122 valence electrons. The Morgan fingerprint density at radius 2 is 2.13 bits per heavy atom. The van der Waals surface area contributed by atoms with Gasteiger partial charge in [-0.1, -0.05) is 6.07 Å². The Kier molecular flexibility index (Phi) is 3.20. The summed E-state index contributed by atoms with van der Waals surface area (Å²) in [5, 5.41) is 1.48. The van der Waals surface area contributed by atoms with Crippen molar-refractivity contribution in [3.8, 4) is 0 Å². The predicted octanol–water partition coefficient (Wildman–Crippen LogP) is 1.90. The van der Waals surface area contributed by atoms with Crippen molar-refractivity contribution in [2.75, 3.05) is 19.6 Å². The van der Waals surface area contributed by atoms with E-state index in [1.54, 1.807) is 17.9 Å². The molecule has 23 heavy (non-hydrogen) atoms. The average molecular weight is 318 g/mol. The second-order valence-electron chi connectivity index (χ2n) is 6.97. The third-order valence-electron chi connectivity index (χ3n) is 4.85. The quantitative estimate of drug-likeness (QED) is 0.855. The molecule has 2 aliphatic heterocycles. The van der Waals surface area contributed by atoms with Gasteiger partial charge in [0, 0.05) is 5.56 Å². The molecule has 4 rings (SSSR count). The van der Waals surface area contributed by atoms with Crippen molar-refractivity contribution in [1.29, 1.82) is 0 Å². The van der Waals surface area contributed by atoms with Crippen LogP contribution in [0.3, 0.4) is 0 Å². The highest BCUT2D eigenvalue weighted by Crippen LogP contribution is 2.39. The van der Waals surface area contributed by atoms with Crippen LogP contribution in [0.15, 0.2) is 18.2 Å². The van der Waals surface area contributed by atoms with E-state index in [0.29, 0.717) is 37.5 Å². The number of benzene rings is 1. The van der Waals surface area contributed by atoms with E-state index in [9.17, 15) is 14.0 Å². The van der Waals surface area contributed by atoms with Gasteiger partial charge in [-0.15, -0.1) is 0 Å². The molecule has 3 fully saturated rings. The molecule has 1 saturated carbocycles. The number of halogens is 1. The zero-order valence-corrected chi connectivity index (χ0v) is 13.0. The lowest BCUT2D eigenvalue weighted by atomic mass is 9.90. The molecule has 0 aromatic heterocycles. The molecule has 2 heterocycles. The largest absolute Gasteiger partial charge is 0.332 e. The van der Waals surface area contributed by atoms with Gasteiger partial charge in [-0.05, 0) is 43.4 Å². The van der Waals surface area contributed by atoms with Crippen LogP contribution in [0.1, 0.15) is 35.2 Å². The van der Waals surface area contributed by atoms with Gasteiger partial charge in [0.05, 0.1) is 26.1 Å². The van der Waals surface area contributed by atoms with E-state index >= 15 is 0 Å². The first-order valence-electron chi connectivity index (χ1n) is 8.01. The van der Waals surface area contributed by atoms with Crippen molar-refractivity contribution >= 4 is 11.8 Å². The van der Waals surface area contributed by atoms with E-state index in [-0.39, 0.29) is 11.8 Å². The second kappa shape index (κ2) is 5.03. The number of rotatable bonds is 3. The third-order valence-corrected chi connectivity index (χ3v) is 4.85. The van der Waals surface area contributed by atoms with Gasteiger partial charge in [-0.3, -0.25) is 14.4 Å². The van der Waals surface area contributed by atoms with Crippen molar-refractivity contribution in [3.05, 3.63) is 35.1 Å². The maximum atomic E-state index is 13.4. The van der Waals surface area contributed by atoms with E-state index in [0.717, 1.165) is 18.4 Å². The molecule has 2 amide bonds. The van der Waals surface area contributed by atoms with E-state index in [1.165, 1.54) is 17.2 Å². The Hall–Kier alpha value is -1.95. The molecule has 1 spiro atoms. The minimum Gasteiger partial charge on any atom is -0.332 e. The van der Waals surface area contributed by atoms with Crippen molar-refractivity contribution in [2.24, 2.45) is 5.92 Å². The maximum Gasteiger partial charge on any atom is 0.254 e. The highest BCUT2D eigenvalue weighted by molar-refractivity contribution is 5.96. The van der Waals surface area contributed by atoms with E-state index in [4.69, 9.17) is 4.84 Å². The average Bonchev–Trinajstić information content (AvgIpc) is 3.22. The lowest BCUT2D eigenvalue weighted by molar-refractivity contribution is -0.230. The van der Waals surface area contributed by atoms with Gasteiger partial charge in [-0.25, -0.2) is 9.45 Å². The number of hydrogen-bond donors (Lipinski definition) is 0. The highest BCUT2D eigenvalue weighted by atomic mass is 19.1. The fraction of sp³-hybridized carbons (Fsp3) is 0.529. The van der Waals surface area contributed by atoms with Crippen LogP contribution in [-0.2, 0) is 9.63 Å². The molecule has 0 unspecified atom stereocenters. The fourth-order valence-electron chi connectivity index (χ4n) is 3.31. The molecule has 1 aromatic carbocycles. The minimum atomic E-state index is -0.567. The van der Waals surface area contributed by atoms with Crippen LogP contribution in [0.4, 0.5) is 4.39 Å². The molecule has 5 nitrogen and oxygen atoms in total. The fourth-order valence-corrected chi connectivity index (χ4v) is 3.31. The monoisotopic (exact) mass is 318 g/mol. The zero-order valence-electron chi connectivity index (χ0n) is 13.0. The summed E-state index contributed by atoms with van der Waals surface area (Å²) in [6.45, 7) is 3.22. The summed E-state index contributed by atoms with van der Waals surface area (Å²) < 4.78 is 13.4. The zero-order chi connectivity index (χ0) is 16.2. The number of carbonyl (C=O) groups is 2. The number of nitrogens with zero attached hydrogens (tertiary/aromatic N) is 2. The highest BCUT2D eigenvalue weighted by Gasteiger charge is 2.55. The van der Waals surface area contributed by atoms with Gasteiger partial charge in [0.15, 0.2) is 0 Å². The van der Waals surface area contributed by atoms with E-state index < -0.39 is 11.4 Å². The van der Waals surface area contributed by atoms with Crippen molar-refractivity contribution in [2.45, 2.75) is 31.8 Å². The Morgan fingerprint density at radius 3 is 2.83 bits per heavy atom. The molecule has 0 N–H and O–H groups in total. The van der Waals surface area contributed by atoms with Crippen LogP contribution in [0.2, 0.25) is 0 Å². The molecule has 0 bridgehead atoms. The molecule has 1 aromatic rings. The standard InChI is InChI=1S/C17H19FN2O3/c1-11-2-5-13(18)6-14(11)16(22)19-9-17(10-19)7-15(21)20(23-17)8-12-3-4-12/h2,5-6,12H,3-4,7-10H2,1H3. The van der Waals surface area contributed by atoms with Gasteiger partial charge in [-0.2, -0.15) is 0 Å². The van der Waals surface area contributed by atoms with Gasteiger partial charge < -0.3 is 4.90 Å². The Balaban J connectivity index is 1.42. The SMILES string of the molecule is Cc1ccc(F)cc1C(=O)N1CC2(CC(=O)N(CC3CC3)O2)C1. The first-order valence-corrected chi connectivity index (χ1v) is 8.01. The smallest absolute Gasteiger partial charge is 0.254 e. The lowest BCUT2D eigenvalue weighted by Gasteiger charge is -2.46. The number of hydroxylamine groups is 2. The van der Waals surface area contributed by atoms with Crippen LogP contribution in [-0.4, -0.2) is 47.0 Å². The van der Waals surface area contributed by atoms with Gasteiger partial charge in [0.1, 0.15) is 11.4 Å². The molecule has 0 radical (unpaired) electrons. The topological polar surface area (TPSA) is 49.9 Å². The molecule has 1 aliphatic carbocycles. The van der Waals surface area contributed by atoms with Crippen LogP contribution in [0.5, 0.6) is 0 Å². The summed E-state index contributed by atoms with van der Waals surface area (Å²) >= 11 is 0. The molecular weight excluding hydrogens is 299 g/mol. The predicted molar refractivity (Wildman–Crippen MR) is 79.9 cm³/mol. The van der Waals surface area contributed by atoms with Crippen LogP contribution >= 0.6 is 0 Å². The van der Waals surface area contributed by atoms with Gasteiger partial charge in [0.2, 0.25) is 5.91 Å².